The Kier molecular flexibility index (Phi) is 6.01. The summed E-state index contributed by atoms with van der Waals surface area (Å²) < 4.78 is 6.58. The molecular weight excluding hydrogens is 354 g/mol. The summed E-state index contributed by atoms with van der Waals surface area (Å²) in [5.74, 6) is -0.644. The Labute approximate surface area is 163 Å². The molecule has 28 heavy (non-hydrogen) atoms. The average molecular weight is 375 g/mol. The molecule has 0 atom stereocenters. The molecule has 142 valence electrons. The van der Waals surface area contributed by atoms with E-state index in [1.165, 1.54) is 17.0 Å². The first kappa shape index (κ1) is 19.1. The highest BCUT2D eigenvalue weighted by atomic mass is 16.5. The van der Waals surface area contributed by atoms with Crippen LogP contribution in [0.2, 0.25) is 0 Å². The van der Waals surface area contributed by atoms with Gasteiger partial charge in [-0.3, -0.25) is 4.79 Å². The maximum Gasteiger partial charge on any atom is 0.343 e. The molecule has 0 fully saturated rings. The quantitative estimate of drug-likeness (QED) is 0.522. The van der Waals surface area contributed by atoms with Gasteiger partial charge in [0.15, 0.2) is 5.82 Å². The van der Waals surface area contributed by atoms with E-state index in [0.717, 1.165) is 16.8 Å². The van der Waals surface area contributed by atoms with Gasteiger partial charge in [0.05, 0.1) is 18.5 Å². The van der Waals surface area contributed by atoms with Gasteiger partial charge in [-0.05, 0) is 37.6 Å². The minimum atomic E-state index is -0.539. The summed E-state index contributed by atoms with van der Waals surface area (Å²) in [7, 11) is 0. The summed E-state index contributed by atoms with van der Waals surface area (Å²) in [5, 5.41) is 7.00. The summed E-state index contributed by atoms with van der Waals surface area (Å²) in [4.78, 5) is 24.7. The van der Waals surface area contributed by atoms with Crippen molar-refractivity contribution < 1.29 is 14.3 Å². The van der Waals surface area contributed by atoms with Gasteiger partial charge >= 0.3 is 5.97 Å². The first-order chi connectivity index (χ1) is 13.6. The van der Waals surface area contributed by atoms with Gasteiger partial charge in [0.1, 0.15) is 5.56 Å². The molecule has 0 unspecified atom stereocenters. The first-order valence-corrected chi connectivity index (χ1v) is 8.94. The Morgan fingerprint density at radius 3 is 2.50 bits per heavy atom. The molecule has 0 saturated carbocycles. The lowest BCUT2D eigenvalue weighted by molar-refractivity contribution is -0.111. The van der Waals surface area contributed by atoms with E-state index >= 15 is 0 Å². The molecular formula is C22H21N3O3. The smallest absolute Gasteiger partial charge is 0.343 e. The SMILES string of the molecule is CCOC(=O)c1cnn(-c2ccccc2)c1NC(=O)/C=C/c1ccc(C)cc1. The Morgan fingerprint density at radius 1 is 1.11 bits per heavy atom. The molecule has 6 heteroatoms. The Hall–Kier alpha value is -3.67. The highest BCUT2D eigenvalue weighted by Crippen LogP contribution is 2.21. The van der Waals surface area contributed by atoms with Gasteiger partial charge in [0.25, 0.3) is 0 Å². The number of para-hydroxylation sites is 1. The summed E-state index contributed by atoms with van der Waals surface area (Å²) in [6.45, 7) is 3.96. The minimum absolute atomic E-state index is 0.197. The van der Waals surface area contributed by atoms with Crippen molar-refractivity contribution in [3.63, 3.8) is 0 Å². The van der Waals surface area contributed by atoms with Crippen molar-refractivity contribution in [1.82, 2.24) is 9.78 Å². The lowest BCUT2D eigenvalue weighted by Gasteiger charge is -2.10. The Bertz CT molecular complexity index is 990. The average Bonchev–Trinajstić information content (AvgIpc) is 3.12. The van der Waals surface area contributed by atoms with Crippen molar-refractivity contribution in [2.45, 2.75) is 13.8 Å². The molecule has 0 radical (unpaired) electrons. The fourth-order valence-corrected chi connectivity index (χ4v) is 2.60. The number of benzene rings is 2. The number of carbonyl (C=O) groups excluding carboxylic acids is 2. The highest BCUT2D eigenvalue weighted by molar-refractivity contribution is 6.05. The second kappa shape index (κ2) is 8.81. The topological polar surface area (TPSA) is 73.2 Å². The summed E-state index contributed by atoms with van der Waals surface area (Å²) in [6.07, 6.45) is 4.52. The number of aromatic nitrogens is 2. The fourth-order valence-electron chi connectivity index (χ4n) is 2.60. The van der Waals surface area contributed by atoms with Crippen molar-refractivity contribution in [2.75, 3.05) is 11.9 Å². The van der Waals surface area contributed by atoms with Crippen LogP contribution >= 0.6 is 0 Å². The number of carbonyl (C=O) groups is 2. The predicted octanol–water partition coefficient (Wildman–Crippen LogP) is 4.01. The molecule has 3 rings (SSSR count). The van der Waals surface area contributed by atoms with Crippen LogP contribution in [-0.2, 0) is 9.53 Å². The largest absolute Gasteiger partial charge is 0.462 e. The van der Waals surface area contributed by atoms with E-state index in [-0.39, 0.29) is 23.9 Å². The molecule has 0 bridgehead atoms. The monoisotopic (exact) mass is 375 g/mol. The van der Waals surface area contributed by atoms with Crippen molar-refractivity contribution in [2.24, 2.45) is 0 Å². The lowest BCUT2D eigenvalue weighted by Crippen LogP contribution is -2.16. The summed E-state index contributed by atoms with van der Waals surface area (Å²) >= 11 is 0. The van der Waals surface area contributed by atoms with Crippen molar-refractivity contribution in [3.05, 3.63) is 83.6 Å². The standard InChI is InChI=1S/C22H21N3O3/c1-3-28-22(27)19-15-23-25(18-7-5-4-6-8-18)21(19)24-20(26)14-13-17-11-9-16(2)10-12-17/h4-15H,3H2,1-2H3,(H,24,26)/b14-13+. The molecule has 0 spiro atoms. The van der Waals surface area contributed by atoms with Crippen molar-refractivity contribution in [3.8, 4) is 5.69 Å². The van der Waals surface area contributed by atoms with E-state index in [9.17, 15) is 9.59 Å². The summed E-state index contributed by atoms with van der Waals surface area (Å²) in [5.41, 5.74) is 2.97. The molecule has 0 aliphatic rings. The van der Waals surface area contributed by atoms with Gasteiger partial charge in [0.2, 0.25) is 5.91 Å². The number of nitrogens with one attached hydrogen (secondary N) is 1. The highest BCUT2D eigenvalue weighted by Gasteiger charge is 2.20. The van der Waals surface area contributed by atoms with Crippen LogP contribution < -0.4 is 5.32 Å². The van der Waals surface area contributed by atoms with Crippen LogP contribution in [0.15, 0.2) is 66.9 Å². The number of hydrogen-bond donors (Lipinski definition) is 1. The van der Waals surface area contributed by atoms with Crippen molar-refractivity contribution >= 4 is 23.8 Å². The number of amides is 1. The van der Waals surface area contributed by atoms with E-state index in [4.69, 9.17) is 4.74 Å². The van der Waals surface area contributed by atoms with E-state index in [1.807, 2.05) is 61.5 Å². The Balaban J connectivity index is 1.88. The summed E-state index contributed by atoms with van der Waals surface area (Å²) in [6, 6.07) is 17.0. The predicted molar refractivity (Wildman–Crippen MR) is 108 cm³/mol. The van der Waals surface area contributed by atoms with Gasteiger partial charge in [-0.25, -0.2) is 9.48 Å². The van der Waals surface area contributed by atoms with Gasteiger partial charge in [-0.15, -0.1) is 0 Å². The molecule has 1 N–H and O–H groups in total. The normalized spacial score (nSPS) is 10.8. The molecule has 6 nitrogen and oxygen atoms in total. The van der Waals surface area contributed by atoms with Gasteiger partial charge in [-0.1, -0.05) is 48.0 Å². The van der Waals surface area contributed by atoms with Crippen LogP contribution in [0.1, 0.15) is 28.4 Å². The molecule has 0 saturated heterocycles. The number of nitrogens with zero attached hydrogens (tertiary/aromatic N) is 2. The number of anilines is 1. The number of rotatable bonds is 6. The minimum Gasteiger partial charge on any atom is -0.462 e. The third kappa shape index (κ3) is 4.54. The fraction of sp³-hybridized carbons (Fsp3) is 0.136. The first-order valence-electron chi connectivity index (χ1n) is 8.94. The van der Waals surface area contributed by atoms with Crippen molar-refractivity contribution in [1.29, 1.82) is 0 Å². The second-order valence-corrected chi connectivity index (χ2v) is 6.11. The number of aryl methyl sites for hydroxylation is 1. The number of ether oxygens (including phenoxy) is 1. The van der Waals surface area contributed by atoms with Crippen LogP contribution in [0.3, 0.4) is 0 Å². The number of hydrogen-bond acceptors (Lipinski definition) is 4. The molecule has 0 aliphatic heterocycles. The molecule has 1 aromatic heterocycles. The van der Waals surface area contributed by atoms with E-state index in [0.29, 0.717) is 0 Å². The van der Waals surface area contributed by atoms with Gasteiger partial charge < -0.3 is 10.1 Å². The van der Waals surface area contributed by atoms with Crippen LogP contribution in [0, 0.1) is 6.92 Å². The molecule has 1 heterocycles. The van der Waals surface area contributed by atoms with Gasteiger partial charge in [-0.2, -0.15) is 5.10 Å². The molecule has 2 aromatic carbocycles. The van der Waals surface area contributed by atoms with Crippen LogP contribution in [0.25, 0.3) is 11.8 Å². The van der Waals surface area contributed by atoms with Gasteiger partial charge in [0, 0.05) is 6.08 Å². The third-order valence-corrected chi connectivity index (χ3v) is 4.01. The van der Waals surface area contributed by atoms with Crippen LogP contribution in [0.4, 0.5) is 5.82 Å². The molecule has 0 aliphatic carbocycles. The second-order valence-electron chi connectivity index (χ2n) is 6.11. The zero-order chi connectivity index (χ0) is 19.9. The maximum absolute atomic E-state index is 12.5. The Morgan fingerprint density at radius 2 is 1.82 bits per heavy atom. The number of esters is 1. The van der Waals surface area contributed by atoms with E-state index in [2.05, 4.69) is 10.4 Å². The van der Waals surface area contributed by atoms with Crippen LogP contribution in [0.5, 0.6) is 0 Å². The van der Waals surface area contributed by atoms with E-state index in [1.54, 1.807) is 13.0 Å². The zero-order valence-corrected chi connectivity index (χ0v) is 15.8. The maximum atomic E-state index is 12.5. The van der Waals surface area contributed by atoms with E-state index < -0.39 is 5.97 Å². The zero-order valence-electron chi connectivity index (χ0n) is 15.8. The van der Waals surface area contributed by atoms with Crippen LogP contribution in [-0.4, -0.2) is 28.3 Å². The third-order valence-electron chi connectivity index (χ3n) is 4.01. The lowest BCUT2D eigenvalue weighted by atomic mass is 10.1. The molecule has 1 amide bonds. The molecule has 3 aromatic rings.